The molecule has 29 heavy (non-hydrogen) atoms. The molecule has 1 amide bonds. The smallest absolute Gasteiger partial charge is 0.251 e. The van der Waals surface area contributed by atoms with Crippen molar-refractivity contribution in [2.24, 2.45) is 5.73 Å². The number of benzene rings is 1. The summed E-state index contributed by atoms with van der Waals surface area (Å²) < 4.78 is 11.6. The van der Waals surface area contributed by atoms with Crippen molar-refractivity contribution < 1.29 is 13.9 Å². The molecule has 2 aliphatic heterocycles. The van der Waals surface area contributed by atoms with Gasteiger partial charge >= 0.3 is 0 Å². The second-order valence-electron chi connectivity index (χ2n) is 7.15. The number of carbonyl (C=O) groups excluding carboxylic acids is 1. The summed E-state index contributed by atoms with van der Waals surface area (Å²) in [7, 11) is 0. The first-order valence-corrected chi connectivity index (χ1v) is 9.59. The van der Waals surface area contributed by atoms with Crippen LogP contribution < -0.4 is 5.73 Å². The van der Waals surface area contributed by atoms with E-state index in [0.29, 0.717) is 32.1 Å². The van der Waals surface area contributed by atoms with E-state index in [1.165, 1.54) is 0 Å². The van der Waals surface area contributed by atoms with Crippen LogP contribution in [0.4, 0.5) is 0 Å². The van der Waals surface area contributed by atoms with Gasteiger partial charge in [0.15, 0.2) is 5.76 Å². The molecule has 2 fully saturated rings. The molecule has 2 aromatic rings. The van der Waals surface area contributed by atoms with E-state index in [0.717, 1.165) is 37.3 Å². The number of halogens is 2. The van der Waals surface area contributed by atoms with E-state index < -0.39 is 0 Å². The molecule has 9 heteroatoms. The minimum Gasteiger partial charge on any atom is -0.439 e. The lowest BCUT2D eigenvalue weighted by Gasteiger charge is -2.35. The fourth-order valence-corrected chi connectivity index (χ4v) is 3.70. The fourth-order valence-electron chi connectivity index (χ4n) is 3.70. The van der Waals surface area contributed by atoms with E-state index in [-0.39, 0.29) is 42.9 Å². The van der Waals surface area contributed by atoms with Crippen LogP contribution in [-0.2, 0) is 16.1 Å². The molecule has 2 atom stereocenters. The Hall–Kier alpha value is -1.64. The fraction of sp³-hybridized carbons (Fsp3) is 0.500. The maximum absolute atomic E-state index is 12.6. The summed E-state index contributed by atoms with van der Waals surface area (Å²) in [6.07, 6.45) is 3.14. The van der Waals surface area contributed by atoms with E-state index in [1.807, 2.05) is 35.2 Å². The number of oxazole rings is 1. The molecule has 2 saturated heterocycles. The molecule has 0 saturated carbocycles. The molecule has 2 N–H and O–H groups in total. The van der Waals surface area contributed by atoms with Crippen molar-refractivity contribution in [2.75, 3.05) is 32.7 Å². The van der Waals surface area contributed by atoms with Crippen molar-refractivity contribution in [3.63, 3.8) is 0 Å². The monoisotopic (exact) mass is 442 g/mol. The Balaban J connectivity index is 0.00000150. The Labute approximate surface area is 183 Å². The van der Waals surface area contributed by atoms with Gasteiger partial charge in [-0.25, -0.2) is 4.98 Å². The van der Waals surface area contributed by atoms with Gasteiger partial charge in [0.05, 0.1) is 18.8 Å². The number of hydrogen-bond acceptors (Lipinski definition) is 6. The lowest BCUT2D eigenvalue weighted by atomic mass is 10.1. The number of amides is 1. The maximum atomic E-state index is 12.6. The first-order valence-electron chi connectivity index (χ1n) is 9.59. The highest BCUT2D eigenvalue weighted by molar-refractivity contribution is 5.85. The van der Waals surface area contributed by atoms with Gasteiger partial charge in [0.25, 0.3) is 5.91 Å². The molecule has 1 aromatic heterocycles. The molecule has 0 spiro atoms. The molecule has 4 rings (SSSR count). The Kier molecular flexibility index (Phi) is 8.92. The third kappa shape index (κ3) is 5.71. The summed E-state index contributed by atoms with van der Waals surface area (Å²) >= 11 is 0. The summed E-state index contributed by atoms with van der Waals surface area (Å²) in [6, 6.07) is 9.97. The molecule has 2 aliphatic rings. The first-order chi connectivity index (χ1) is 13.2. The van der Waals surface area contributed by atoms with Crippen LogP contribution in [0.5, 0.6) is 0 Å². The van der Waals surface area contributed by atoms with E-state index in [2.05, 4.69) is 9.88 Å². The minimum absolute atomic E-state index is 0. The Morgan fingerprint density at radius 3 is 2.48 bits per heavy atom. The van der Waals surface area contributed by atoms with Gasteiger partial charge in [-0.1, -0.05) is 30.3 Å². The zero-order valence-corrected chi connectivity index (χ0v) is 17.9. The van der Waals surface area contributed by atoms with Gasteiger partial charge in [-0.15, -0.1) is 24.8 Å². The van der Waals surface area contributed by atoms with Crippen LogP contribution in [-0.4, -0.2) is 65.6 Å². The third-order valence-electron chi connectivity index (χ3n) is 5.30. The second kappa shape index (κ2) is 10.9. The number of hydrogen-bond donors (Lipinski definition) is 1. The number of rotatable bonds is 5. The van der Waals surface area contributed by atoms with Crippen LogP contribution in [0.15, 0.2) is 40.9 Å². The summed E-state index contributed by atoms with van der Waals surface area (Å²) in [6.45, 7) is 4.17. The number of nitrogens with two attached hydrogens (primary N) is 1. The van der Waals surface area contributed by atoms with Crippen molar-refractivity contribution in [2.45, 2.75) is 31.6 Å². The quantitative estimate of drug-likeness (QED) is 0.764. The molecule has 3 heterocycles. The van der Waals surface area contributed by atoms with Gasteiger partial charge in [0.1, 0.15) is 6.10 Å². The van der Waals surface area contributed by atoms with E-state index in [4.69, 9.17) is 14.9 Å². The van der Waals surface area contributed by atoms with Crippen molar-refractivity contribution in [3.8, 4) is 11.3 Å². The van der Waals surface area contributed by atoms with Gasteiger partial charge in [0, 0.05) is 38.3 Å². The zero-order valence-electron chi connectivity index (χ0n) is 16.2. The normalized spacial score (nSPS) is 22.0. The van der Waals surface area contributed by atoms with Crippen LogP contribution in [0.1, 0.15) is 18.7 Å². The van der Waals surface area contributed by atoms with Crippen LogP contribution in [0.2, 0.25) is 0 Å². The van der Waals surface area contributed by atoms with Gasteiger partial charge in [0.2, 0.25) is 5.89 Å². The van der Waals surface area contributed by atoms with Crippen molar-refractivity contribution in [1.82, 2.24) is 14.8 Å². The average molecular weight is 443 g/mol. The summed E-state index contributed by atoms with van der Waals surface area (Å²) in [5.74, 6) is 1.60. The second-order valence-corrected chi connectivity index (χ2v) is 7.15. The molecular weight excluding hydrogens is 415 g/mol. The molecule has 0 aliphatic carbocycles. The average Bonchev–Trinajstić information content (AvgIpc) is 3.38. The molecule has 7 nitrogen and oxygen atoms in total. The number of piperazine rings is 1. The number of carbonyl (C=O) groups is 1. The van der Waals surface area contributed by atoms with E-state index >= 15 is 0 Å². The van der Waals surface area contributed by atoms with Crippen LogP contribution in [0.25, 0.3) is 11.3 Å². The van der Waals surface area contributed by atoms with Crippen molar-refractivity contribution in [1.29, 1.82) is 0 Å². The lowest BCUT2D eigenvalue weighted by Crippen LogP contribution is -2.51. The predicted molar refractivity (Wildman–Crippen MR) is 115 cm³/mol. The van der Waals surface area contributed by atoms with Crippen molar-refractivity contribution >= 4 is 30.7 Å². The largest absolute Gasteiger partial charge is 0.439 e. The topological polar surface area (TPSA) is 84.8 Å². The number of nitrogens with zero attached hydrogens (tertiary/aromatic N) is 3. The Morgan fingerprint density at radius 1 is 1.10 bits per heavy atom. The molecule has 160 valence electrons. The highest BCUT2D eigenvalue weighted by Gasteiger charge is 2.34. The maximum Gasteiger partial charge on any atom is 0.251 e. The van der Waals surface area contributed by atoms with Gasteiger partial charge in [-0.05, 0) is 12.8 Å². The summed E-state index contributed by atoms with van der Waals surface area (Å²) in [5.41, 5.74) is 6.66. The predicted octanol–water partition coefficient (Wildman–Crippen LogP) is 2.34. The highest BCUT2D eigenvalue weighted by Crippen LogP contribution is 2.23. The SMILES string of the molecule is Cl.Cl.NC[C@H]1CC[C@@H](C(=O)N2CCN(Cc3ncc(-c4ccccc4)o3)CC2)O1. The molecule has 0 radical (unpaired) electrons. The number of aromatic nitrogens is 1. The summed E-state index contributed by atoms with van der Waals surface area (Å²) in [4.78, 5) is 21.2. The van der Waals surface area contributed by atoms with Crippen molar-refractivity contribution in [3.05, 3.63) is 42.4 Å². The highest BCUT2D eigenvalue weighted by atomic mass is 35.5. The van der Waals surface area contributed by atoms with Crippen LogP contribution >= 0.6 is 24.8 Å². The lowest BCUT2D eigenvalue weighted by molar-refractivity contribution is -0.144. The zero-order chi connectivity index (χ0) is 18.6. The third-order valence-corrected chi connectivity index (χ3v) is 5.30. The van der Waals surface area contributed by atoms with E-state index in [9.17, 15) is 4.79 Å². The first kappa shape index (κ1) is 23.6. The Morgan fingerprint density at radius 2 is 1.83 bits per heavy atom. The van der Waals surface area contributed by atoms with Gasteiger partial charge in [-0.2, -0.15) is 0 Å². The molecule has 0 unspecified atom stereocenters. The standard InChI is InChI=1S/C20H26N4O3.2ClH/c21-12-16-6-7-17(26-16)20(25)24-10-8-23(9-11-24)14-19-22-13-18(27-19)15-4-2-1-3-5-15;;/h1-5,13,16-17H,6-12,14,21H2;2*1H/t16-,17+;;/m1../s1. The molecule has 1 aromatic carbocycles. The summed E-state index contributed by atoms with van der Waals surface area (Å²) in [5, 5.41) is 0. The minimum atomic E-state index is -0.315. The van der Waals surface area contributed by atoms with Crippen LogP contribution in [0.3, 0.4) is 0 Å². The van der Waals surface area contributed by atoms with Gasteiger partial charge < -0.3 is 19.8 Å². The van der Waals surface area contributed by atoms with E-state index in [1.54, 1.807) is 6.20 Å². The molecule has 0 bridgehead atoms. The number of ether oxygens (including phenoxy) is 1. The molecular formula is C20H28Cl2N4O3. The van der Waals surface area contributed by atoms with Crippen LogP contribution in [0, 0.1) is 0 Å². The van der Waals surface area contributed by atoms with Gasteiger partial charge in [-0.3, -0.25) is 9.69 Å². The Bertz CT molecular complexity index is 766.